The molecule has 1 aromatic rings. The first-order chi connectivity index (χ1) is 10.7. The molecule has 1 N–H and O–H groups in total. The summed E-state index contributed by atoms with van der Waals surface area (Å²) < 4.78 is 10.7. The number of carbonyl (C=O) groups excluding carboxylic acids is 1. The van der Waals surface area contributed by atoms with Crippen LogP contribution in [0.4, 0.5) is 0 Å². The van der Waals surface area contributed by atoms with Crippen LogP contribution in [0.25, 0.3) is 0 Å². The first kappa shape index (κ1) is 19.6. The number of carbonyl (C=O) groups is 1. The van der Waals surface area contributed by atoms with Crippen LogP contribution in [0.3, 0.4) is 0 Å². The lowest BCUT2D eigenvalue weighted by molar-refractivity contribution is -0.133. The fraction of sp³-hybridized carbons (Fsp3) is 0.588. The monoisotopic (exact) mass is 342 g/mol. The molecule has 2 rings (SSSR count). The molecular weight excluding hydrogens is 316 g/mol. The minimum absolute atomic E-state index is 0. The van der Waals surface area contributed by atoms with Crippen molar-refractivity contribution >= 4 is 18.3 Å². The van der Waals surface area contributed by atoms with Crippen molar-refractivity contribution in [1.82, 2.24) is 10.2 Å². The van der Waals surface area contributed by atoms with E-state index in [-0.39, 0.29) is 18.3 Å². The summed E-state index contributed by atoms with van der Waals surface area (Å²) in [4.78, 5) is 14.2. The van der Waals surface area contributed by atoms with Crippen molar-refractivity contribution in [2.24, 2.45) is 5.92 Å². The summed E-state index contributed by atoms with van der Waals surface area (Å²) in [6.45, 7) is 3.13. The van der Waals surface area contributed by atoms with Gasteiger partial charge in [-0.25, -0.2) is 0 Å². The second-order valence-electron chi connectivity index (χ2n) is 5.68. The van der Waals surface area contributed by atoms with Crippen LogP contribution in [0.1, 0.15) is 19.3 Å². The first-order valence-corrected chi connectivity index (χ1v) is 7.92. The van der Waals surface area contributed by atoms with Gasteiger partial charge in [0.05, 0.1) is 20.1 Å². The SMILES string of the molecule is CNCC1CCCN(C(=O)CCOc2ccc(OC)cc2)C1.Cl. The smallest absolute Gasteiger partial charge is 0.226 e. The van der Waals surface area contributed by atoms with Gasteiger partial charge >= 0.3 is 0 Å². The molecule has 0 aromatic heterocycles. The molecule has 1 fully saturated rings. The van der Waals surface area contributed by atoms with Gasteiger partial charge in [0, 0.05) is 13.1 Å². The molecule has 1 amide bonds. The number of hydrogen-bond acceptors (Lipinski definition) is 4. The summed E-state index contributed by atoms with van der Waals surface area (Å²) in [5, 5.41) is 3.20. The zero-order valence-corrected chi connectivity index (χ0v) is 14.7. The van der Waals surface area contributed by atoms with Crippen molar-refractivity contribution in [3.8, 4) is 11.5 Å². The molecule has 0 radical (unpaired) electrons. The van der Waals surface area contributed by atoms with Crippen LogP contribution in [-0.4, -0.2) is 51.2 Å². The summed E-state index contributed by atoms with van der Waals surface area (Å²) in [5.74, 6) is 2.33. The molecule has 1 heterocycles. The van der Waals surface area contributed by atoms with E-state index in [4.69, 9.17) is 9.47 Å². The maximum Gasteiger partial charge on any atom is 0.226 e. The summed E-state index contributed by atoms with van der Waals surface area (Å²) in [5.41, 5.74) is 0. The van der Waals surface area contributed by atoms with Crippen LogP contribution >= 0.6 is 12.4 Å². The zero-order chi connectivity index (χ0) is 15.8. The summed E-state index contributed by atoms with van der Waals surface area (Å²) >= 11 is 0. The fourth-order valence-corrected chi connectivity index (χ4v) is 2.83. The minimum atomic E-state index is 0. The van der Waals surface area contributed by atoms with Gasteiger partial charge in [0.25, 0.3) is 0 Å². The maximum atomic E-state index is 12.2. The van der Waals surface area contributed by atoms with E-state index in [0.29, 0.717) is 18.9 Å². The zero-order valence-electron chi connectivity index (χ0n) is 13.9. The molecule has 0 aliphatic carbocycles. The Bertz CT molecular complexity index is 465. The van der Waals surface area contributed by atoms with Crippen molar-refractivity contribution in [3.05, 3.63) is 24.3 Å². The number of likely N-dealkylation sites (tertiary alicyclic amines) is 1. The number of amides is 1. The van der Waals surface area contributed by atoms with Crippen molar-refractivity contribution in [3.63, 3.8) is 0 Å². The van der Waals surface area contributed by atoms with Gasteiger partial charge in [0.1, 0.15) is 11.5 Å². The molecule has 0 saturated carbocycles. The lowest BCUT2D eigenvalue weighted by Crippen LogP contribution is -2.42. The van der Waals surface area contributed by atoms with Crippen molar-refractivity contribution in [2.45, 2.75) is 19.3 Å². The van der Waals surface area contributed by atoms with E-state index in [9.17, 15) is 4.79 Å². The standard InChI is InChI=1S/C17H26N2O3.ClH/c1-18-12-14-4-3-10-19(13-14)17(20)9-11-22-16-7-5-15(21-2)6-8-16;/h5-8,14,18H,3-4,9-13H2,1-2H3;1H. The predicted octanol–water partition coefficient (Wildman–Crippen LogP) is 2.34. The number of halogens is 1. The van der Waals surface area contributed by atoms with Crippen molar-refractivity contribution in [1.29, 1.82) is 0 Å². The van der Waals surface area contributed by atoms with E-state index in [1.54, 1.807) is 7.11 Å². The lowest BCUT2D eigenvalue weighted by Gasteiger charge is -2.32. The molecule has 1 unspecified atom stereocenters. The third kappa shape index (κ3) is 6.28. The largest absolute Gasteiger partial charge is 0.497 e. The molecule has 130 valence electrons. The molecule has 1 aromatic carbocycles. The third-order valence-corrected chi connectivity index (χ3v) is 4.01. The van der Waals surface area contributed by atoms with Gasteiger partial charge in [-0.2, -0.15) is 0 Å². The number of hydrogen-bond donors (Lipinski definition) is 1. The molecular formula is C17H27ClN2O3. The van der Waals surface area contributed by atoms with Crippen LogP contribution in [0.15, 0.2) is 24.3 Å². The van der Waals surface area contributed by atoms with Crippen molar-refractivity contribution < 1.29 is 14.3 Å². The Hall–Kier alpha value is -1.46. The molecule has 5 nitrogen and oxygen atoms in total. The average molecular weight is 343 g/mol. The quantitative estimate of drug-likeness (QED) is 0.826. The van der Waals surface area contributed by atoms with Crippen molar-refractivity contribution in [2.75, 3.05) is 40.4 Å². The third-order valence-electron chi connectivity index (χ3n) is 4.01. The molecule has 6 heteroatoms. The highest BCUT2D eigenvalue weighted by molar-refractivity contribution is 5.85. The van der Waals surface area contributed by atoms with Gasteiger partial charge in [-0.1, -0.05) is 0 Å². The highest BCUT2D eigenvalue weighted by Crippen LogP contribution is 2.18. The molecule has 1 saturated heterocycles. The van der Waals surface area contributed by atoms with Gasteiger partial charge in [0.2, 0.25) is 5.91 Å². The van der Waals surface area contributed by atoms with Crippen LogP contribution < -0.4 is 14.8 Å². The summed E-state index contributed by atoms with van der Waals surface area (Å²) in [6, 6.07) is 7.41. The van der Waals surface area contributed by atoms with Gasteiger partial charge in [-0.15, -0.1) is 12.4 Å². The highest BCUT2D eigenvalue weighted by Gasteiger charge is 2.22. The number of rotatable bonds is 7. The number of nitrogens with one attached hydrogen (secondary N) is 1. The molecule has 0 spiro atoms. The number of nitrogens with zero attached hydrogens (tertiary/aromatic N) is 1. The Morgan fingerprint density at radius 3 is 2.65 bits per heavy atom. The number of piperidine rings is 1. The Labute approximate surface area is 144 Å². The van der Waals surface area contributed by atoms with Crippen LogP contribution in [0, 0.1) is 5.92 Å². The van der Waals surface area contributed by atoms with Crippen LogP contribution in [0.2, 0.25) is 0 Å². The Balaban J connectivity index is 0.00000264. The average Bonchev–Trinajstić information content (AvgIpc) is 2.56. The van der Waals surface area contributed by atoms with Gasteiger partial charge in [-0.05, 0) is 56.6 Å². The summed E-state index contributed by atoms with van der Waals surface area (Å²) in [6.07, 6.45) is 2.72. The van der Waals surface area contributed by atoms with Gasteiger partial charge in [-0.3, -0.25) is 4.79 Å². The normalized spacial score (nSPS) is 17.3. The Morgan fingerprint density at radius 2 is 2.00 bits per heavy atom. The molecule has 1 aliphatic heterocycles. The van der Waals surface area contributed by atoms with Gasteiger partial charge < -0.3 is 19.7 Å². The van der Waals surface area contributed by atoms with E-state index >= 15 is 0 Å². The molecule has 1 aliphatic rings. The Morgan fingerprint density at radius 1 is 1.30 bits per heavy atom. The predicted molar refractivity (Wildman–Crippen MR) is 93.6 cm³/mol. The van der Waals surface area contributed by atoms with Gasteiger partial charge in [0.15, 0.2) is 0 Å². The fourth-order valence-electron chi connectivity index (χ4n) is 2.83. The minimum Gasteiger partial charge on any atom is -0.497 e. The molecule has 0 bridgehead atoms. The summed E-state index contributed by atoms with van der Waals surface area (Å²) in [7, 11) is 3.60. The maximum absolute atomic E-state index is 12.2. The second-order valence-corrected chi connectivity index (χ2v) is 5.68. The molecule has 1 atom stereocenters. The van der Waals surface area contributed by atoms with E-state index < -0.39 is 0 Å². The van der Waals surface area contributed by atoms with E-state index in [1.165, 1.54) is 6.42 Å². The Kier molecular flexibility index (Phi) is 8.81. The van der Waals surface area contributed by atoms with E-state index in [2.05, 4.69) is 5.32 Å². The number of ether oxygens (including phenoxy) is 2. The molecule has 23 heavy (non-hydrogen) atoms. The second kappa shape index (κ2) is 10.3. The van der Waals surface area contributed by atoms with E-state index in [0.717, 1.165) is 37.6 Å². The highest BCUT2D eigenvalue weighted by atomic mass is 35.5. The van der Waals surface area contributed by atoms with Crippen LogP contribution in [-0.2, 0) is 4.79 Å². The first-order valence-electron chi connectivity index (χ1n) is 7.92. The number of benzene rings is 1. The topological polar surface area (TPSA) is 50.8 Å². The van der Waals surface area contributed by atoms with Crippen LogP contribution in [0.5, 0.6) is 11.5 Å². The number of methoxy groups -OCH3 is 1. The lowest BCUT2D eigenvalue weighted by atomic mass is 9.98. The van der Waals surface area contributed by atoms with E-state index in [1.807, 2.05) is 36.2 Å².